The summed E-state index contributed by atoms with van der Waals surface area (Å²) in [5.74, 6) is 0. The number of rotatable bonds is 2. The number of fused-ring (bicyclic) bond motifs is 1. The summed E-state index contributed by atoms with van der Waals surface area (Å²) < 4.78 is 1.19. The number of halogens is 2. The van der Waals surface area contributed by atoms with E-state index in [1.165, 1.54) is 26.0 Å². The predicted octanol–water partition coefficient (Wildman–Crippen LogP) is 3.78. The second-order valence-electron chi connectivity index (χ2n) is 4.99. The van der Waals surface area contributed by atoms with E-state index in [4.69, 9.17) is 5.73 Å². The normalized spacial score (nSPS) is 14.7. The van der Waals surface area contributed by atoms with E-state index in [2.05, 4.69) is 44.9 Å². The van der Waals surface area contributed by atoms with Gasteiger partial charge in [-0.05, 0) is 42.2 Å². The van der Waals surface area contributed by atoms with Crippen molar-refractivity contribution in [1.29, 1.82) is 0 Å². The molecule has 0 saturated carbocycles. The Hall–Kier alpha value is -0.620. The minimum atomic E-state index is 0. The molecule has 0 spiro atoms. The SMILES string of the molecule is Cc1cc(Br)cc2c1CN(Cc1cnc(N)s1)CC2.Cl. The fourth-order valence-electron chi connectivity index (χ4n) is 2.62. The predicted molar refractivity (Wildman–Crippen MR) is 90.5 cm³/mol. The van der Waals surface area contributed by atoms with E-state index in [9.17, 15) is 0 Å². The zero-order valence-corrected chi connectivity index (χ0v) is 14.4. The summed E-state index contributed by atoms with van der Waals surface area (Å²) in [6, 6.07) is 4.46. The topological polar surface area (TPSA) is 42.2 Å². The first-order chi connectivity index (χ1) is 9.11. The monoisotopic (exact) mass is 373 g/mol. The first-order valence-electron chi connectivity index (χ1n) is 6.32. The van der Waals surface area contributed by atoms with Crippen LogP contribution in [-0.2, 0) is 19.5 Å². The van der Waals surface area contributed by atoms with E-state index in [-0.39, 0.29) is 12.4 Å². The Morgan fingerprint density at radius 2 is 2.25 bits per heavy atom. The third-order valence-electron chi connectivity index (χ3n) is 3.56. The molecule has 0 fully saturated rings. The van der Waals surface area contributed by atoms with Gasteiger partial charge in [0.2, 0.25) is 0 Å². The molecule has 0 bridgehead atoms. The number of hydrogen-bond donors (Lipinski definition) is 1. The second-order valence-corrected chi connectivity index (χ2v) is 7.05. The van der Waals surface area contributed by atoms with E-state index in [0.29, 0.717) is 5.13 Å². The maximum Gasteiger partial charge on any atom is 0.180 e. The van der Waals surface area contributed by atoms with Crippen molar-refractivity contribution < 1.29 is 0 Å². The number of aryl methyl sites for hydroxylation is 1. The smallest absolute Gasteiger partial charge is 0.180 e. The highest BCUT2D eigenvalue weighted by Gasteiger charge is 2.19. The van der Waals surface area contributed by atoms with Crippen molar-refractivity contribution in [1.82, 2.24) is 9.88 Å². The molecule has 2 aromatic rings. The first kappa shape index (κ1) is 15.8. The quantitative estimate of drug-likeness (QED) is 0.870. The number of thiazole rings is 1. The van der Waals surface area contributed by atoms with Gasteiger partial charge in [0, 0.05) is 35.2 Å². The first-order valence-corrected chi connectivity index (χ1v) is 7.93. The molecule has 6 heteroatoms. The maximum atomic E-state index is 5.68. The lowest BCUT2D eigenvalue weighted by Crippen LogP contribution is -2.30. The fourth-order valence-corrected chi connectivity index (χ4v) is 3.97. The number of nitrogens with two attached hydrogens (primary N) is 1. The van der Waals surface area contributed by atoms with Crippen LogP contribution >= 0.6 is 39.7 Å². The average Bonchev–Trinajstić information content (AvgIpc) is 2.75. The Morgan fingerprint density at radius 1 is 1.45 bits per heavy atom. The molecule has 3 nitrogen and oxygen atoms in total. The van der Waals surface area contributed by atoms with Crippen LogP contribution in [0.1, 0.15) is 21.6 Å². The van der Waals surface area contributed by atoms with Crippen LogP contribution in [0.25, 0.3) is 0 Å². The molecule has 1 aliphatic rings. The van der Waals surface area contributed by atoms with Gasteiger partial charge in [-0.2, -0.15) is 0 Å². The van der Waals surface area contributed by atoms with Crippen LogP contribution in [0, 0.1) is 6.92 Å². The lowest BCUT2D eigenvalue weighted by atomic mass is 9.95. The van der Waals surface area contributed by atoms with E-state index < -0.39 is 0 Å². The molecular formula is C14H17BrClN3S. The Kier molecular flexibility index (Phi) is 5.07. The summed E-state index contributed by atoms with van der Waals surface area (Å²) in [4.78, 5) is 7.83. The second kappa shape index (κ2) is 6.43. The van der Waals surface area contributed by atoms with Crippen LogP contribution in [0.5, 0.6) is 0 Å². The molecule has 0 radical (unpaired) electrons. The number of benzene rings is 1. The minimum absolute atomic E-state index is 0. The Morgan fingerprint density at radius 3 is 2.95 bits per heavy atom. The number of anilines is 1. The number of aromatic nitrogens is 1. The van der Waals surface area contributed by atoms with Crippen molar-refractivity contribution in [3.63, 3.8) is 0 Å². The third-order valence-corrected chi connectivity index (χ3v) is 4.83. The molecular weight excluding hydrogens is 358 g/mol. The molecule has 0 atom stereocenters. The van der Waals surface area contributed by atoms with Crippen LogP contribution in [0.2, 0.25) is 0 Å². The van der Waals surface area contributed by atoms with E-state index in [1.807, 2.05) is 6.20 Å². The standard InChI is InChI=1S/C14H16BrN3S.ClH/c1-9-4-11(15)5-10-2-3-18(8-13(9)10)7-12-6-17-14(16)19-12;/h4-6H,2-3,7-8H2,1H3,(H2,16,17);1H. The van der Waals surface area contributed by atoms with Gasteiger partial charge in [-0.1, -0.05) is 15.9 Å². The molecule has 2 N–H and O–H groups in total. The summed E-state index contributed by atoms with van der Waals surface area (Å²) in [6.07, 6.45) is 3.01. The summed E-state index contributed by atoms with van der Waals surface area (Å²) in [5, 5.41) is 0.660. The molecule has 1 aliphatic heterocycles. The lowest BCUT2D eigenvalue weighted by Gasteiger charge is -2.29. The molecule has 3 rings (SSSR count). The summed E-state index contributed by atoms with van der Waals surface area (Å²) in [5.41, 5.74) is 10.0. The minimum Gasteiger partial charge on any atom is -0.375 e. The van der Waals surface area contributed by atoms with Gasteiger partial charge < -0.3 is 5.73 Å². The molecule has 0 saturated heterocycles. The average molecular weight is 375 g/mol. The van der Waals surface area contributed by atoms with Gasteiger partial charge in [0.1, 0.15) is 0 Å². The number of nitrogen functional groups attached to an aromatic ring is 1. The largest absolute Gasteiger partial charge is 0.375 e. The van der Waals surface area contributed by atoms with Gasteiger partial charge in [0.25, 0.3) is 0 Å². The van der Waals surface area contributed by atoms with E-state index in [1.54, 1.807) is 11.3 Å². The molecule has 0 amide bonds. The zero-order valence-electron chi connectivity index (χ0n) is 11.2. The highest BCUT2D eigenvalue weighted by atomic mass is 79.9. The molecule has 2 heterocycles. The van der Waals surface area contributed by atoms with Gasteiger partial charge in [-0.3, -0.25) is 4.90 Å². The summed E-state index contributed by atoms with van der Waals surface area (Å²) in [6.45, 7) is 5.26. The van der Waals surface area contributed by atoms with Crippen molar-refractivity contribution in [2.45, 2.75) is 26.4 Å². The Bertz CT molecular complexity index is 614. The highest BCUT2D eigenvalue weighted by Crippen LogP contribution is 2.28. The highest BCUT2D eigenvalue weighted by molar-refractivity contribution is 9.10. The maximum absolute atomic E-state index is 5.68. The van der Waals surface area contributed by atoms with Crippen LogP contribution in [0.4, 0.5) is 5.13 Å². The summed E-state index contributed by atoms with van der Waals surface area (Å²) >= 11 is 5.17. The van der Waals surface area contributed by atoms with Gasteiger partial charge in [-0.25, -0.2) is 4.98 Å². The van der Waals surface area contributed by atoms with Gasteiger partial charge in [-0.15, -0.1) is 23.7 Å². The van der Waals surface area contributed by atoms with Crippen molar-refractivity contribution in [2.75, 3.05) is 12.3 Å². The Labute approximate surface area is 137 Å². The van der Waals surface area contributed by atoms with Crippen LogP contribution in [0.3, 0.4) is 0 Å². The molecule has 20 heavy (non-hydrogen) atoms. The zero-order chi connectivity index (χ0) is 13.4. The van der Waals surface area contributed by atoms with E-state index >= 15 is 0 Å². The van der Waals surface area contributed by atoms with Crippen molar-refractivity contribution in [2.24, 2.45) is 0 Å². The Balaban J connectivity index is 0.00000147. The van der Waals surface area contributed by atoms with Crippen molar-refractivity contribution >= 4 is 44.8 Å². The fraction of sp³-hybridized carbons (Fsp3) is 0.357. The third kappa shape index (κ3) is 3.34. The number of nitrogens with zero attached hydrogens (tertiary/aromatic N) is 2. The van der Waals surface area contributed by atoms with E-state index in [0.717, 1.165) is 26.1 Å². The van der Waals surface area contributed by atoms with Crippen molar-refractivity contribution in [3.05, 3.63) is 44.4 Å². The molecule has 0 unspecified atom stereocenters. The molecule has 1 aromatic carbocycles. The lowest BCUT2D eigenvalue weighted by molar-refractivity contribution is 0.247. The number of hydrogen-bond acceptors (Lipinski definition) is 4. The van der Waals surface area contributed by atoms with Gasteiger partial charge in [0.15, 0.2) is 5.13 Å². The van der Waals surface area contributed by atoms with Gasteiger partial charge in [0.05, 0.1) is 0 Å². The molecule has 0 aliphatic carbocycles. The van der Waals surface area contributed by atoms with Crippen LogP contribution in [0.15, 0.2) is 22.8 Å². The molecule has 108 valence electrons. The van der Waals surface area contributed by atoms with Gasteiger partial charge >= 0.3 is 0 Å². The summed E-state index contributed by atoms with van der Waals surface area (Å²) in [7, 11) is 0. The van der Waals surface area contributed by atoms with Crippen molar-refractivity contribution in [3.8, 4) is 0 Å². The molecule has 1 aromatic heterocycles. The van der Waals surface area contributed by atoms with Crippen LogP contribution < -0.4 is 5.73 Å². The van der Waals surface area contributed by atoms with Crippen LogP contribution in [-0.4, -0.2) is 16.4 Å².